The van der Waals surface area contributed by atoms with Crippen LogP contribution in [0.15, 0.2) is 30.3 Å². The lowest BCUT2D eigenvalue weighted by atomic mass is 9.95. The van der Waals surface area contributed by atoms with Gasteiger partial charge in [0.2, 0.25) is 0 Å². The van der Waals surface area contributed by atoms with Gasteiger partial charge in [0, 0.05) is 12.6 Å². The van der Waals surface area contributed by atoms with Crippen LogP contribution < -0.4 is 5.32 Å². The number of hydrogen-bond donors (Lipinski definition) is 1. The fourth-order valence-electron chi connectivity index (χ4n) is 3.19. The van der Waals surface area contributed by atoms with Crippen molar-refractivity contribution in [1.29, 1.82) is 0 Å². The first-order chi connectivity index (χ1) is 13.3. The van der Waals surface area contributed by atoms with E-state index in [1.807, 2.05) is 18.2 Å². The number of carbonyl (C=O) groups excluding carboxylic acids is 2. The molecule has 1 heterocycles. The molecule has 6 nitrogen and oxygen atoms in total. The highest BCUT2D eigenvalue weighted by Gasteiger charge is 2.37. The lowest BCUT2D eigenvalue weighted by Crippen LogP contribution is -2.44. The largest absolute Gasteiger partial charge is 0.466 e. The van der Waals surface area contributed by atoms with Crippen LogP contribution in [0.25, 0.3) is 0 Å². The number of likely N-dealkylation sites (tertiary alicyclic amines) is 1. The number of carbonyl (C=O) groups is 2. The third kappa shape index (κ3) is 7.38. The van der Waals surface area contributed by atoms with E-state index in [1.54, 1.807) is 19.1 Å². The molecule has 1 aromatic carbocycles. The van der Waals surface area contributed by atoms with Crippen molar-refractivity contribution in [2.75, 3.05) is 26.2 Å². The summed E-state index contributed by atoms with van der Waals surface area (Å²) in [6.45, 7) is 1.03. The lowest BCUT2D eigenvalue weighted by Gasteiger charge is -2.23. The van der Waals surface area contributed by atoms with Crippen molar-refractivity contribution < 1.29 is 32.2 Å². The third-order valence-electron chi connectivity index (χ3n) is 4.51. The Bertz CT molecular complexity index is 640. The number of esters is 1. The van der Waals surface area contributed by atoms with Crippen LogP contribution in [0, 0.1) is 5.92 Å². The summed E-state index contributed by atoms with van der Waals surface area (Å²) in [5.74, 6) is -1.24. The molecule has 0 spiro atoms. The van der Waals surface area contributed by atoms with Crippen LogP contribution in [-0.2, 0) is 20.9 Å². The van der Waals surface area contributed by atoms with E-state index in [9.17, 15) is 22.8 Å². The van der Waals surface area contributed by atoms with Crippen molar-refractivity contribution in [2.24, 2.45) is 5.92 Å². The molecule has 1 aliphatic heterocycles. The molecule has 9 heteroatoms. The number of alkyl carbamates (subject to hydrolysis) is 1. The Hall–Kier alpha value is -2.29. The van der Waals surface area contributed by atoms with Crippen LogP contribution in [0.3, 0.4) is 0 Å². The van der Waals surface area contributed by atoms with E-state index in [1.165, 1.54) is 4.90 Å². The van der Waals surface area contributed by atoms with Gasteiger partial charge < -0.3 is 14.8 Å². The molecule has 0 aromatic heterocycles. The van der Waals surface area contributed by atoms with Gasteiger partial charge in [-0.2, -0.15) is 13.2 Å². The van der Waals surface area contributed by atoms with Crippen molar-refractivity contribution >= 4 is 12.1 Å². The monoisotopic (exact) mass is 402 g/mol. The maximum Gasteiger partial charge on any atom is 0.407 e. The molecule has 1 aromatic rings. The normalized spacial score (nSPS) is 20.9. The van der Waals surface area contributed by atoms with Gasteiger partial charge in [-0.25, -0.2) is 4.79 Å². The fourth-order valence-corrected chi connectivity index (χ4v) is 3.19. The highest BCUT2D eigenvalue weighted by molar-refractivity contribution is 5.75. The topological polar surface area (TPSA) is 67.9 Å². The van der Waals surface area contributed by atoms with Crippen LogP contribution in [0.5, 0.6) is 0 Å². The number of ether oxygens (including phenoxy) is 2. The third-order valence-corrected chi connectivity index (χ3v) is 4.51. The van der Waals surface area contributed by atoms with Gasteiger partial charge in [-0.1, -0.05) is 30.3 Å². The van der Waals surface area contributed by atoms with E-state index in [2.05, 4.69) is 5.32 Å². The number of hydrogen-bond acceptors (Lipinski definition) is 5. The minimum absolute atomic E-state index is 0.0592. The molecule has 0 bridgehead atoms. The average Bonchev–Trinajstić information content (AvgIpc) is 2.82. The number of amides is 1. The van der Waals surface area contributed by atoms with Gasteiger partial charge in [0.25, 0.3) is 0 Å². The molecule has 0 radical (unpaired) electrons. The summed E-state index contributed by atoms with van der Waals surface area (Å²) in [7, 11) is 0. The predicted octanol–water partition coefficient (Wildman–Crippen LogP) is 3.12. The van der Waals surface area contributed by atoms with Gasteiger partial charge in [0.15, 0.2) is 0 Å². The van der Waals surface area contributed by atoms with Crippen molar-refractivity contribution in [3.63, 3.8) is 0 Å². The Morgan fingerprint density at radius 3 is 2.46 bits per heavy atom. The summed E-state index contributed by atoms with van der Waals surface area (Å²) in [6, 6.07) is 8.42. The molecule has 1 aliphatic rings. The SMILES string of the molecule is CCOC(=O)[C@@H]1CCN(CC(F)(F)F)CC[C@H]1NC(=O)OCc1ccccc1. The first kappa shape index (κ1) is 22.0. The van der Waals surface area contributed by atoms with E-state index in [4.69, 9.17) is 9.47 Å². The second kappa shape index (κ2) is 10.3. The average molecular weight is 402 g/mol. The van der Waals surface area contributed by atoms with Crippen molar-refractivity contribution in [1.82, 2.24) is 10.2 Å². The van der Waals surface area contributed by atoms with E-state index < -0.39 is 36.7 Å². The van der Waals surface area contributed by atoms with Crippen LogP contribution in [0.2, 0.25) is 0 Å². The number of rotatable bonds is 6. The Kier molecular flexibility index (Phi) is 8.10. The Labute approximate surface area is 162 Å². The molecule has 1 amide bonds. The number of nitrogens with zero attached hydrogens (tertiary/aromatic N) is 1. The van der Waals surface area contributed by atoms with E-state index in [-0.39, 0.29) is 39.1 Å². The summed E-state index contributed by atoms with van der Waals surface area (Å²) in [5, 5.41) is 2.63. The molecule has 1 fully saturated rings. The maximum absolute atomic E-state index is 12.7. The number of nitrogens with one attached hydrogen (secondary N) is 1. The summed E-state index contributed by atoms with van der Waals surface area (Å²) in [6.07, 6.45) is -4.67. The van der Waals surface area contributed by atoms with Gasteiger partial charge in [0.1, 0.15) is 6.61 Å². The minimum atomic E-state index is -4.32. The summed E-state index contributed by atoms with van der Waals surface area (Å²) >= 11 is 0. The van der Waals surface area contributed by atoms with Crippen molar-refractivity contribution in [3.05, 3.63) is 35.9 Å². The number of halogens is 3. The van der Waals surface area contributed by atoms with Gasteiger partial charge in [-0.15, -0.1) is 0 Å². The first-order valence-corrected chi connectivity index (χ1v) is 9.21. The van der Waals surface area contributed by atoms with Gasteiger partial charge >= 0.3 is 18.2 Å². The first-order valence-electron chi connectivity index (χ1n) is 9.21. The van der Waals surface area contributed by atoms with Gasteiger partial charge in [-0.05, 0) is 31.9 Å². The van der Waals surface area contributed by atoms with Crippen LogP contribution in [0.4, 0.5) is 18.0 Å². The molecule has 0 aliphatic carbocycles. The molecule has 28 heavy (non-hydrogen) atoms. The number of benzene rings is 1. The zero-order chi connectivity index (χ0) is 20.6. The molecule has 1 saturated heterocycles. The Morgan fingerprint density at radius 2 is 1.82 bits per heavy atom. The molecule has 1 N–H and O–H groups in total. The molecular weight excluding hydrogens is 377 g/mol. The highest BCUT2D eigenvalue weighted by Crippen LogP contribution is 2.24. The van der Waals surface area contributed by atoms with Gasteiger partial charge in [0.05, 0.1) is 19.1 Å². The smallest absolute Gasteiger partial charge is 0.407 e. The second-order valence-electron chi connectivity index (χ2n) is 6.64. The Balaban J connectivity index is 1.98. The second-order valence-corrected chi connectivity index (χ2v) is 6.64. The van der Waals surface area contributed by atoms with E-state index >= 15 is 0 Å². The summed E-state index contributed by atoms with van der Waals surface area (Å²) < 4.78 is 48.3. The van der Waals surface area contributed by atoms with E-state index in [0.29, 0.717) is 0 Å². The summed E-state index contributed by atoms with van der Waals surface area (Å²) in [5.41, 5.74) is 0.803. The van der Waals surface area contributed by atoms with Crippen LogP contribution in [-0.4, -0.2) is 55.4 Å². The molecular formula is C19H25F3N2O4. The quantitative estimate of drug-likeness (QED) is 0.741. The van der Waals surface area contributed by atoms with Crippen molar-refractivity contribution in [3.8, 4) is 0 Å². The van der Waals surface area contributed by atoms with Crippen LogP contribution >= 0.6 is 0 Å². The van der Waals surface area contributed by atoms with Crippen molar-refractivity contribution in [2.45, 2.75) is 38.6 Å². The minimum Gasteiger partial charge on any atom is -0.466 e. The van der Waals surface area contributed by atoms with E-state index in [0.717, 1.165) is 5.56 Å². The molecule has 0 unspecified atom stereocenters. The molecule has 2 atom stereocenters. The standard InChI is InChI=1S/C19H25F3N2O4/c1-2-27-17(25)15-8-10-24(13-19(20,21)22)11-9-16(15)23-18(26)28-12-14-6-4-3-5-7-14/h3-7,15-16H,2,8-13H2,1H3,(H,23,26)/t15-,16-/m1/s1. The maximum atomic E-state index is 12.7. The lowest BCUT2D eigenvalue weighted by molar-refractivity contribution is -0.149. The molecule has 2 rings (SSSR count). The Morgan fingerprint density at radius 1 is 1.14 bits per heavy atom. The zero-order valence-electron chi connectivity index (χ0n) is 15.7. The zero-order valence-corrected chi connectivity index (χ0v) is 15.7. The molecule has 156 valence electrons. The van der Waals surface area contributed by atoms with Gasteiger partial charge in [-0.3, -0.25) is 9.69 Å². The highest BCUT2D eigenvalue weighted by atomic mass is 19.4. The number of alkyl halides is 3. The van der Waals surface area contributed by atoms with Crippen LogP contribution in [0.1, 0.15) is 25.3 Å². The predicted molar refractivity (Wildman–Crippen MR) is 95.4 cm³/mol. The fraction of sp³-hybridized carbons (Fsp3) is 0.579. The summed E-state index contributed by atoms with van der Waals surface area (Å²) in [4.78, 5) is 25.7. The molecule has 0 saturated carbocycles.